The van der Waals surface area contributed by atoms with E-state index in [2.05, 4.69) is 31.6 Å². The second-order valence-corrected chi connectivity index (χ2v) is 4.74. The van der Waals surface area contributed by atoms with Gasteiger partial charge in [0.1, 0.15) is 0 Å². The van der Waals surface area contributed by atoms with Crippen LogP contribution in [0, 0.1) is 0 Å². The highest BCUT2D eigenvalue weighted by Crippen LogP contribution is 2.16. The SMILES string of the molecule is CNCCCc1cnnn1-c1cccc(Br)c1. The van der Waals surface area contributed by atoms with Gasteiger partial charge in [-0.1, -0.05) is 27.2 Å². The maximum Gasteiger partial charge on any atom is 0.0729 e. The van der Waals surface area contributed by atoms with Crippen LogP contribution in [-0.2, 0) is 6.42 Å². The molecule has 1 aromatic heterocycles. The smallest absolute Gasteiger partial charge is 0.0729 e. The largest absolute Gasteiger partial charge is 0.320 e. The van der Waals surface area contributed by atoms with Crippen molar-refractivity contribution < 1.29 is 0 Å². The standard InChI is InChI=1S/C12H15BrN4/c1-14-7-3-6-12-9-15-16-17(12)11-5-2-4-10(13)8-11/h2,4-5,8-9,14H,3,6-7H2,1H3. The van der Waals surface area contributed by atoms with Gasteiger partial charge in [0.15, 0.2) is 0 Å². The Labute approximate surface area is 109 Å². The van der Waals surface area contributed by atoms with E-state index in [1.165, 1.54) is 0 Å². The number of hydrogen-bond donors (Lipinski definition) is 1. The summed E-state index contributed by atoms with van der Waals surface area (Å²) in [6.45, 7) is 1.00. The van der Waals surface area contributed by atoms with Crippen molar-refractivity contribution in [3.05, 3.63) is 40.6 Å². The van der Waals surface area contributed by atoms with Crippen molar-refractivity contribution in [2.75, 3.05) is 13.6 Å². The fraction of sp³-hybridized carbons (Fsp3) is 0.333. The highest BCUT2D eigenvalue weighted by Gasteiger charge is 2.05. The molecule has 0 saturated carbocycles. The van der Waals surface area contributed by atoms with Gasteiger partial charge in [-0.05, 0) is 44.6 Å². The third-order valence-electron chi connectivity index (χ3n) is 2.53. The van der Waals surface area contributed by atoms with Gasteiger partial charge < -0.3 is 5.32 Å². The topological polar surface area (TPSA) is 42.7 Å². The molecule has 1 heterocycles. The minimum atomic E-state index is 0.973. The quantitative estimate of drug-likeness (QED) is 0.860. The zero-order valence-electron chi connectivity index (χ0n) is 9.73. The summed E-state index contributed by atoms with van der Waals surface area (Å²) in [5, 5.41) is 11.3. The summed E-state index contributed by atoms with van der Waals surface area (Å²) >= 11 is 3.46. The number of aromatic nitrogens is 3. The third kappa shape index (κ3) is 3.14. The molecule has 0 atom stereocenters. The number of halogens is 1. The Balaban J connectivity index is 2.18. The zero-order chi connectivity index (χ0) is 12.1. The van der Waals surface area contributed by atoms with E-state index in [4.69, 9.17) is 0 Å². The number of aryl methyl sites for hydroxylation is 1. The van der Waals surface area contributed by atoms with Crippen molar-refractivity contribution in [2.45, 2.75) is 12.8 Å². The first-order valence-electron chi connectivity index (χ1n) is 5.61. The van der Waals surface area contributed by atoms with Crippen LogP contribution in [0.1, 0.15) is 12.1 Å². The molecule has 5 heteroatoms. The summed E-state index contributed by atoms with van der Waals surface area (Å²) in [6.07, 6.45) is 3.88. The molecule has 0 spiro atoms. The average molecular weight is 295 g/mol. The molecule has 0 aliphatic heterocycles. The molecule has 0 aliphatic carbocycles. The van der Waals surface area contributed by atoms with Crippen molar-refractivity contribution in [2.24, 2.45) is 0 Å². The molecule has 0 fully saturated rings. The molecule has 17 heavy (non-hydrogen) atoms. The number of hydrogen-bond acceptors (Lipinski definition) is 3. The van der Waals surface area contributed by atoms with E-state index in [0.717, 1.165) is 35.2 Å². The first-order valence-corrected chi connectivity index (χ1v) is 6.40. The predicted octanol–water partition coefficient (Wildman–Crippen LogP) is 2.18. The van der Waals surface area contributed by atoms with E-state index in [1.54, 1.807) is 0 Å². The van der Waals surface area contributed by atoms with Gasteiger partial charge >= 0.3 is 0 Å². The van der Waals surface area contributed by atoms with Crippen molar-refractivity contribution in [1.82, 2.24) is 20.3 Å². The average Bonchev–Trinajstić information content (AvgIpc) is 2.78. The van der Waals surface area contributed by atoms with Gasteiger partial charge in [0.2, 0.25) is 0 Å². The molecule has 0 unspecified atom stereocenters. The molecule has 1 N–H and O–H groups in total. The van der Waals surface area contributed by atoms with Gasteiger partial charge in [-0.2, -0.15) is 0 Å². The second-order valence-electron chi connectivity index (χ2n) is 3.82. The number of benzene rings is 1. The maximum absolute atomic E-state index is 4.13. The first-order chi connectivity index (χ1) is 8.31. The molecule has 4 nitrogen and oxygen atoms in total. The molecule has 2 rings (SSSR count). The van der Waals surface area contributed by atoms with Crippen molar-refractivity contribution in [3.8, 4) is 5.69 Å². The third-order valence-corrected chi connectivity index (χ3v) is 3.03. The monoisotopic (exact) mass is 294 g/mol. The summed E-state index contributed by atoms with van der Waals surface area (Å²) in [6, 6.07) is 8.07. The van der Waals surface area contributed by atoms with E-state index in [9.17, 15) is 0 Å². The lowest BCUT2D eigenvalue weighted by Crippen LogP contribution is -2.10. The van der Waals surface area contributed by atoms with E-state index in [-0.39, 0.29) is 0 Å². The van der Waals surface area contributed by atoms with Crippen LogP contribution in [0.5, 0.6) is 0 Å². The Morgan fingerprint density at radius 2 is 2.29 bits per heavy atom. The number of nitrogens with zero attached hydrogens (tertiary/aromatic N) is 3. The highest BCUT2D eigenvalue weighted by atomic mass is 79.9. The van der Waals surface area contributed by atoms with Gasteiger partial charge in [-0.25, -0.2) is 4.68 Å². The first kappa shape index (κ1) is 12.3. The molecule has 0 radical (unpaired) electrons. The van der Waals surface area contributed by atoms with Crippen molar-refractivity contribution in [1.29, 1.82) is 0 Å². The second kappa shape index (κ2) is 5.93. The normalized spacial score (nSPS) is 10.7. The zero-order valence-corrected chi connectivity index (χ0v) is 11.3. The van der Waals surface area contributed by atoms with Crippen LogP contribution in [0.2, 0.25) is 0 Å². The van der Waals surface area contributed by atoms with Crippen LogP contribution < -0.4 is 5.32 Å². The molecule has 0 saturated heterocycles. The molecule has 2 aromatic rings. The van der Waals surface area contributed by atoms with Crippen LogP contribution in [0.25, 0.3) is 5.69 Å². The van der Waals surface area contributed by atoms with E-state index in [0.29, 0.717) is 0 Å². The van der Waals surface area contributed by atoms with E-state index >= 15 is 0 Å². The molecule has 0 bridgehead atoms. The van der Waals surface area contributed by atoms with Crippen LogP contribution >= 0.6 is 15.9 Å². The minimum absolute atomic E-state index is 0.973. The maximum atomic E-state index is 4.13. The van der Waals surface area contributed by atoms with Crippen LogP contribution in [-0.4, -0.2) is 28.6 Å². The lowest BCUT2D eigenvalue weighted by Gasteiger charge is -2.06. The van der Waals surface area contributed by atoms with Gasteiger partial charge in [-0.3, -0.25) is 0 Å². The molecule has 90 valence electrons. The molecule has 0 amide bonds. The molecular weight excluding hydrogens is 280 g/mol. The Hall–Kier alpha value is -1.20. The van der Waals surface area contributed by atoms with Gasteiger partial charge in [0, 0.05) is 4.47 Å². The Bertz CT molecular complexity index is 481. The summed E-state index contributed by atoms with van der Waals surface area (Å²) in [4.78, 5) is 0. The fourth-order valence-corrected chi connectivity index (χ4v) is 2.09. The van der Waals surface area contributed by atoms with Crippen LogP contribution in [0.4, 0.5) is 0 Å². The molecular formula is C12H15BrN4. The summed E-state index contributed by atoms with van der Waals surface area (Å²) in [7, 11) is 1.96. The predicted molar refractivity (Wildman–Crippen MR) is 71.3 cm³/mol. The fourth-order valence-electron chi connectivity index (χ4n) is 1.70. The van der Waals surface area contributed by atoms with Crippen LogP contribution in [0.3, 0.4) is 0 Å². The summed E-state index contributed by atoms with van der Waals surface area (Å²) < 4.78 is 2.94. The Morgan fingerprint density at radius 3 is 3.06 bits per heavy atom. The highest BCUT2D eigenvalue weighted by molar-refractivity contribution is 9.10. The van der Waals surface area contributed by atoms with E-state index < -0.39 is 0 Å². The van der Waals surface area contributed by atoms with Gasteiger partial charge in [-0.15, -0.1) is 5.10 Å². The lowest BCUT2D eigenvalue weighted by molar-refractivity contribution is 0.687. The molecule has 0 aliphatic rings. The number of rotatable bonds is 5. The summed E-state index contributed by atoms with van der Waals surface area (Å²) in [5.41, 5.74) is 2.18. The number of nitrogens with one attached hydrogen (secondary N) is 1. The lowest BCUT2D eigenvalue weighted by atomic mass is 10.2. The molecule has 1 aromatic carbocycles. The van der Waals surface area contributed by atoms with Crippen LogP contribution in [0.15, 0.2) is 34.9 Å². The van der Waals surface area contributed by atoms with Crippen molar-refractivity contribution >= 4 is 15.9 Å². The minimum Gasteiger partial charge on any atom is -0.320 e. The Morgan fingerprint density at radius 1 is 1.41 bits per heavy atom. The van der Waals surface area contributed by atoms with Gasteiger partial charge in [0.25, 0.3) is 0 Å². The Kier molecular flexibility index (Phi) is 4.28. The van der Waals surface area contributed by atoms with E-state index in [1.807, 2.05) is 42.2 Å². The summed E-state index contributed by atoms with van der Waals surface area (Å²) in [5.74, 6) is 0. The van der Waals surface area contributed by atoms with Crippen molar-refractivity contribution in [3.63, 3.8) is 0 Å². The van der Waals surface area contributed by atoms with Gasteiger partial charge in [0.05, 0.1) is 17.6 Å².